The highest BCUT2D eigenvalue weighted by Gasteiger charge is 2.31. The minimum atomic E-state index is -4.60. The topological polar surface area (TPSA) is 107 Å². The number of aliphatic hydroxyl groups excluding tert-OH is 1. The first kappa shape index (κ1) is 23.6. The van der Waals surface area contributed by atoms with Gasteiger partial charge in [0.25, 0.3) is 5.91 Å². The fourth-order valence-corrected chi connectivity index (χ4v) is 3.69. The van der Waals surface area contributed by atoms with Crippen molar-refractivity contribution in [1.82, 2.24) is 29.6 Å². The Kier molecular flexibility index (Phi) is 6.48. The van der Waals surface area contributed by atoms with Crippen LogP contribution in [0.5, 0.6) is 0 Å². The summed E-state index contributed by atoms with van der Waals surface area (Å²) < 4.78 is 60.0. The van der Waals surface area contributed by atoms with Gasteiger partial charge in [0.15, 0.2) is 0 Å². The fraction of sp³-hybridized carbons (Fsp3) is 0.333. The predicted octanol–water partition coefficient (Wildman–Crippen LogP) is 2.78. The first-order valence-electron chi connectivity index (χ1n) is 10.2. The molecular weight excluding hydrogens is 460 g/mol. The van der Waals surface area contributed by atoms with Crippen LogP contribution in [0.1, 0.15) is 22.7 Å². The lowest BCUT2D eigenvalue weighted by Gasteiger charge is -2.28. The number of ether oxygens (including phenoxy) is 1. The van der Waals surface area contributed by atoms with Gasteiger partial charge in [0.2, 0.25) is 0 Å². The number of nitrogens with zero attached hydrogens (tertiary/aromatic N) is 5. The molecule has 0 saturated carbocycles. The molecule has 1 fully saturated rings. The van der Waals surface area contributed by atoms with E-state index < -0.39 is 30.8 Å². The third-order valence-electron chi connectivity index (χ3n) is 5.29. The summed E-state index contributed by atoms with van der Waals surface area (Å²) in [5.74, 6) is -0.434. The second-order valence-electron chi connectivity index (χ2n) is 7.57. The SMILES string of the molecule is C=Cc1ncc(-c2nn(CC(F)(F)F)c3cc(C(=O)NC4COCCC4O)ncc23)n1/C=C/F. The summed E-state index contributed by atoms with van der Waals surface area (Å²) in [5, 5.41) is 16.9. The summed E-state index contributed by atoms with van der Waals surface area (Å²) in [5.41, 5.74) is 0.0962. The van der Waals surface area contributed by atoms with Gasteiger partial charge >= 0.3 is 6.18 Å². The number of amides is 1. The molecule has 3 aromatic rings. The second-order valence-corrected chi connectivity index (χ2v) is 7.57. The third kappa shape index (κ3) is 4.70. The van der Waals surface area contributed by atoms with Crippen molar-refractivity contribution in [1.29, 1.82) is 0 Å². The highest BCUT2D eigenvalue weighted by molar-refractivity contribution is 5.99. The molecule has 0 aromatic carbocycles. The quantitative estimate of drug-likeness (QED) is 0.526. The number of pyridine rings is 1. The van der Waals surface area contributed by atoms with E-state index in [2.05, 4.69) is 27.0 Å². The maximum Gasteiger partial charge on any atom is 0.408 e. The van der Waals surface area contributed by atoms with Gasteiger partial charge in [0.05, 0.1) is 36.2 Å². The molecule has 4 rings (SSSR count). The molecule has 3 aromatic heterocycles. The van der Waals surface area contributed by atoms with Crippen LogP contribution < -0.4 is 5.32 Å². The van der Waals surface area contributed by atoms with E-state index in [1.54, 1.807) is 0 Å². The van der Waals surface area contributed by atoms with Crippen LogP contribution in [0, 0.1) is 0 Å². The van der Waals surface area contributed by atoms with Crippen molar-refractivity contribution in [3.05, 3.63) is 42.9 Å². The minimum Gasteiger partial charge on any atom is -0.391 e. The first-order valence-corrected chi connectivity index (χ1v) is 10.2. The lowest BCUT2D eigenvalue weighted by molar-refractivity contribution is -0.141. The van der Waals surface area contributed by atoms with E-state index in [0.717, 1.165) is 6.20 Å². The van der Waals surface area contributed by atoms with Crippen LogP contribution in [0.15, 0.2) is 31.4 Å². The van der Waals surface area contributed by atoms with Gasteiger partial charge in [0.1, 0.15) is 30.1 Å². The van der Waals surface area contributed by atoms with E-state index in [1.807, 2.05) is 0 Å². The van der Waals surface area contributed by atoms with Gasteiger partial charge in [0, 0.05) is 24.4 Å². The summed E-state index contributed by atoms with van der Waals surface area (Å²) in [6, 6.07) is 0.511. The molecule has 1 aliphatic heterocycles. The van der Waals surface area contributed by atoms with Gasteiger partial charge in [-0.15, -0.1) is 0 Å². The number of halogens is 4. The molecule has 2 N–H and O–H groups in total. The lowest BCUT2D eigenvalue weighted by Crippen LogP contribution is -2.49. The van der Waals surface area contributed by atoms with Crippen LogP contribution in [-0.2, 0) is 11.3 Å². The Bertz CT molecular complexity index is 1250. The zero-order valence-corrected chi connectivity index (χ0v) is 17.7. The number of aliphatic hydroxyl groups is 1. The lowest BCUT2D eigenvalue weighted by atomic mass is 10.1. The Morgan fingerprint density at radius 3 is 2.82 bits per heavy atom. The summed E-state index contributed by atoms with van der Waals surface area (Å²) >= 11 is 0. The number of imidazole rings is 1. The minimum absolute atomic E-state index is 0.00921. The summed E-state index contributed by atoms with van der Waals surface area (Å²) in [6.07, 6.45) is 0.0927. The fourth-order valence-electron chi connectivity index (χ4n) is 3.69. The largest absolute Gasteiger partial charge is 0.408 e. The van der Waals surface area contributed by atoms with Crippen molar-refractivity contribution in [3.63, 3.8) is 0 Å². The van der Waals surface area contributed by atoms with Crippen molar-refractivity contribution >= 4 is 29.1 Å². The summed E-state index contributed by atoms with van der Waals surface area (Å²) in [6.45, 7) is 2.62. The number of nitrogens with one attached hydrogen (secondary N) is 1. The number of hydrogen-bond donors (Lipinski definition) is 2. The van der Waals surface area contributed by atoms with Gasteiger partial charge in [-0.25, -0.2) is 9.37 Å². The Morgan fingerprint density at radius 2 is 2.15 bits per heavy atom. The molecule has 1 saturated heterocycles. The first-order chi connectivity index (χ1) is 16.2. The molecule has 180 valence electrons. The Labute approximate surface area is 190 Å². The molecule has 0 aliphatic carbocycles. The third-order valence-corrected chi connectivity index (χ3v) is 5.29. The zero-order valence-electron chi connectivity index (χ0n) is 17.7. The molecule has 1 aliphatic rings. The van der Waals surface area contributed by atoms with E-state index in [9.17, 15) is 27.5 Å². The molecule has 1 amide bonds. The summed E-state index contributed by atoms with van der Waals surface area (Å²) in [4.78, 5) is 20.8. The standard InChI is InChI=1S/C21H20F4N6O3/c1-2-18-27-9-16(30(18)5-4-22)19-12-8-26-13(7-15(12)31(29-19)11-21(23,24)25)20(33)28-14-10-34-6-3-17(14)32/h2,4-5,7-9,14,17,32H,1,3,6,10-11H2,(H,28,33)/b5-4+. The number of hydrogen-bond acceptors (Lipinski definition) is 6. The molecule has 0 radical (unpaired) electrons. The average Bonchev–Trinajstić information content (AvgIpc) is 3.35. The molecule has 4 heterocycles. The smallest absolute Gasteiger partial charge is 0.391 e. The maximum absolute atomic E-state index is 13.3. The van der Waals surface area contributed by atoms with Crippen LogP contribution in [0.3, 0.4) is 0 Å². The molecule has 13 heteroatoms. The Hall–Kier alpha value is -3.58. The molecule has 9 nitrogen and oxygen atoms in total. The van der Waals surface area contributed by atoms with Crippen LogP contribution >= 0.6 is 0 Å². The zero-order chi connectivity index (χ0) is 24.5. The van der Waals surface area contributed by atoms with Crippen molar-refractivity contribution in [2.45, 2.75) is 31.3 Å². The van der Waals surface area contributed by atoms with E-state index in [0.29, 0.717) is 17.7 Å². The molecule has 0 bridgehead atoms. The second kappa shape index (κ2) is 9.35. The van der Waals surface area contributed by atoms with Crippen LogP contribution in [-0.4, -0.2) is 66.9 Å². The van der Waals surface area contributed by atoms with Crippen LogP contribution in [0.2, 0.25) is 0 Å². The van der Waals surface area contributed by atoms with Gasteiger partial charge in [-0.05, 0) is 18.6 Å². The number of rotatable bonds is 6. The highest BCUT2D eigenvalue weighted by atomic mass is 19.4. The number of fused-ring (bicyclic) bond motifs is 1. The van der Waals surface area contributed by atoms with Gasteiger partial charge in [-0.2, -0.15) is 18.3 Å². The van der Waals surface area contributed by atoms with E-state index in [1.165, 1.54) is 29.1 Å². The van der Waals surface area contributed by atoms with Crippen LogP contribution in [0.4, 0.5) is 17.6 Å². The number of aromatic nitrogens is 5. The summed E-state index contributed by atoms with van der Waals surface area (Å²) in [7, 11) is 0. The van der Waals surface area contributed by atoms with Gasteiger partial charge in [-0.1, -0.05) is 6.58 Å². The number of carbonyl (C=O) groups is 1. The predicted molar refractivity (Wildman–Crippen MR) is 114 cm³/mol. The van der Waals surface area contributed by atoms with Crippen molar-refractivity contribution in [2.24, 2.45) is 0 Å². The normalized spacial score (nSPS) is 19.1. The van der Waals surface area contributed by atoms with Crippen molar-refractivity contribution < 1.29 is 32.2 Å². The molecule has 2 unspecified atom stereocenters. The van der Waals surface area contributed by atoms with E-state index >= 15 is 0 Å². The molecule has 0 spiro atoms. The van der Waals surface area contributed by atoms with E-state index in [4.69, 9.17) is 4.74 Å². The van der Waals surface area contributed by atoms with Crippen molar-refractivity contribution in [3.8, 4) is 11.4 Å². The number of carbonyl (C=O) groups excluding carboxylic acids is 1. The Balaban J connectivity index is 1.78. The monoisotopic (exact) mass is 480 g/mol. The van der Waals surface area contributed by atoms with Crippen LogP contribution in [0.25, 0.3) is 34.6 Å². The van der Waals surface area contributed by atoms with Crippen molar-refractivity contribution in [2.75, 3.05) is 13.2 Å². The molecule has 2 atom stereocenters. The maximum atomic E-state index is 13.3. The number of alkyl halides is 3. The van der Waals surface area contributed by atoms with Gasteiger partial charge < -0.3 is 15.2 Å². The highest BCUT2D eigenvalue weighted by Crippen LogP contribution is 2.31. The Morgan fingerprint density at radius 1 is 1.35 bits per heavy atom. The van der Waals surface area contributed by atoms with Gasteiger partial charge in [-0.3, -0.25) is 19.0 Å². The average molecular weight is 480 g/mol. The van der Waals surface area contributed by atoms with E-state index in [-0.39, 0.29) is 46.7 Å². The molecular formula is C21H20F4N6O3. The molecule has 34 heavy (non-hydrogen) atoms.